The number of ether oxygens (including phenoxy) is 1. The van der Waals surface area contributed by atoms with Crippen molar-refractivity contribution in [3.63, 3.8) is 0 Å². The van der Waals surface area contributed by atoms with Crippen LogP contribution in [0.25, 0.3) is 0 Å². The molecule has 0 bridgehead atoms. The number of hydrogen-bond donors (Lipinski definition) is 1. The number of aliphatic hydroxyl groups excluding tert-OH is 1. The standard InChI is InChI=1S/C12H20ClN3O2/c1-8(2)10-11(13)14-7-15-12(10)16(3)5-9(17)6-18-4/h7-9,17H,5-6H2,1-4H3. The van der Waals surface area contributed by atoms with E-state index in [0.717, 1.165) is 11.4 Å². The van der Waals surface area contributed by atoms with Crippen LogP contribution in [0, 0.1) is 0 Å². The number of nitrogens with zero attached hydrogens (tertiary/aromatic N) is 3. The quantitative estimate of drug-likeness (QED) is 0.800. The third-order valence-electron chi connectivity index (χ3n) is 2.60. The number of aromatic nitrogens is 2. The van der Waals surface area contributed by atoms with Gasteiger partial charge in [0.1, 0.15) is 17.3 Å². The first kappa shape index (κ1) is 15.1. The van der Waals surface area contributed by atoms with Gasteiger partial charge in [-0.15, -0.1) is 0 Å². The maximum Gasteiger partial charge on any atom is 0.138 e. The molecule has 0 aliphatic heterocycles. The van der Waals surface area contributed by atoms with Crippen LogP contribution >= 0.6 is 11.6 Å². The zero-order chi connectivity index (χ0) is 13.7. The molecule has 0 saturated carbocycles. The van der Waals surface area contributed by atoms with Crippen LogP contribution in [0.1, 0.15) is 25.3 Å². The van der Waals surface area contributed by atoms with Crippen LogP contribution in [0.15, 0.2) is 6.33 Å². The number of methoxy groups -OCH3 is 1. The monoisotopic (exact) mass is 273 g/mol. The molecule has 0 aromatic carbocycles. The minimum Gasteiger partial charge on any atom is -0.389 e. The molecular weight excluding hydrogens is 254 g/mol. The lowest BCUT2D eigenvalue weighted by Crippen LogP contribution is -2.33. The minimum absolute atomic E-state index is 0.218. The molecule has 18 heavy (non-hydrogen) atoms. The van der Waals surface area contributed by atoms with Gasteiger partial charge in [-0.3, -0.25) is 0 Å². The van der Waals surface area contributed by atoms with Gasteiger partial charge in [-0.25, -0.2) is 9.97 Å². The Hall–Kier alpha value is -0.910. The third-order valence-corrected chi connectivity index (χ3v) is 2.90. The van der Waals surface area contributed by atoms with Crippen LogP contribution in [-0.4, -0.2) is 48.5 Å². The first-order valence-electron chi connectivity index (χ1n) is 5.85. The van der Waals surface area contributed by atoms with Crippen molar-refractivity contribution in [1.82, 2.24) is 9.97 Å². The van der Waals surface area contributed by atoms with Gasteiger partial charge in [0.15, 0.2) is 0 Å². The highest BCUT2D eigenvalue weighted by Crippen LogP contribution is 2.29. The molecule has 1 unspecified atom stereocenters. The summed E-state index contributed by atoms with van der Waals surface area (Å²) >= 11 is 6.10. The summed E-state index contributed by atoms with van der Waals surface area (Å²) in [6, 6.07) is 0. The second-order valence-electron chi connectivity index (χ2n) is 4.55. The summed E-state index contributed by atoms with van der Waals surface area (Å²) in [5.74, 6) is 0.968. The Morgan fingerprint density at radius 3 is 2.67 bits per heavy atom. The number of likely N-dealkylation sites (N-methyl/N-ethyl adjacent to an activating group) is 1. The maximum absolute atomic E-state index is 9.74. The third kappa shape index (κ3) is 3.80. The number of halogens is 1. The van der Waals surface area contributed by atoms with E-state index in [2.05, 4.69) is 9.97 Å². The molecular formula is C12H20ClN3O2. The normalized spacial score (nSPS) is 12.8. The Morgan fingerprint density at radius 1 is 1.44 bits per heavy atom. The summed E-state index contributed by atoms with van der Waals surface area (Å²) < 4.78 is 4.91. The predicted molar refractivity (Wildman–Crippen MR) is 72.3 cm³/mol. The number of anilines is 1. The number of rotatable bonds is 6. The SMILES string of the molecule is COCC(O)CN(C)c1ncnc(Cl)c1C(C)C. The zero-order valence-corrected chi connectivity index (χ0v) is 12.0. The summed E-state index contributed by atoms with van der Waals surface area (Å²) in [6.07, 6.45) is 0.872. The van der Waals surface area contributed by atoms with Crippen LogP contribution in [-0.2, 0) is 4.74 Å². The maximum atomic E-state index is 9.74. The van der Waals surface area contributed by atoms with Gasteiger partial charge >= 0.3 is 0 Å². The summed E-state index contributed by atoms with van der Waals surface area (Å²) in [7, 11) is 3.42. The lowest BCUT2D eigenvalue weighted by molar-refractivity contribution is 0.0694. The van der Waals surface area contributed by atoms with Crippen molar-refractivity contribution in [3.05, 3.63) is 17.0 Å². The van der Waals surface area contributed by atoms with Crippen LogP contribution in [0.3, 0.4) is 0 Å². The molecule has 102 valence electrons. The molecule has 1 rings (SSSR count). The molecule has 5 nitrogen and oxygen atoms in total. The van der Waals surface area contributed by atoms with E-state index in [1.165, 1.54) is 6.33 Å². The van der Waals surface area contributed by atoms with E-state index in [-0.39, 0.29) is 5.92 Å². The van der Waals surface area contributed by atoms with Gasteiger partial charge in [0.2, 0.25) is 0 Å². The Bertz CT molecular complexity index is 388. The first-order valence-corrected chi connectivity index (χ1v) is 6.23. The average molecular weight is 274 g/mol. The molecule has 1 heterocycles. The Balaban J connectivity index is 2.91. The second-order valence-corrected chi connectivity index (χ2v) is 4.90. The van der Waals surface area contributed by atoms with Gasteiger partial charge < -0.3 is 14.7 Å². The highest BCUT2D eigenvalue weighted by Gasteiger charge is 2.18. The zero-order valence-electron chi connectivity index (χ0n) is 11.2. The van der Waals surface area contributed by atoms with Gasteiger partial charge in [-0.2, -0.15) is 0 Å². The molecule has 6 heteroatoms. The molecule has 1 aromatic rings. The second kappa shape index (κ2) is 6.87. The van der Waals surface area contributed by atoms with E-state index in [9.17, 15) is 5.11 Å². The van der Waals surface area contributed by atoms with Crippen molar-refractivity contribution >= 4 is 17.4 Å². The fourth-order valence-corrected chi connectivity index (χ4v) is 2.16. The van der Waals surface area contributed by atoms with Crippen molar-refractivity contribution < 1.29 is 9.84 Å². The molecule has 1 atom stereocenters. The van der Waals surface area contributed by atoms with Crippen molar-refractivity contribution in [2.75, 3.05) is 32.2 Å². The highest BCUT2D eigenvalue weighted by molar-refractivity contribution is 6.30. The Labute approximate surface area is 113 Å². The highest BCUT2D eigenvalue weighted by atomic mass is 35.5. The Kier molecular flexibility index (Phi) is 5.78. The largest absolute Gasteiger partial charge is 0.389 e. The molecule has 0 saturated heterocycles. The van der Waals surface area contributed by atoms with Crippen LogP contribution in [0.5, 0.6) is 0 Å². The smallest absolute Gasteiger partial charge is 0.138 e. The van der Waals surface area contributed by atoms with Gasteiger partial charge in [-0.1, -0.05) is 25.4 Å². The topological polar surface area (TPSA) is 58.5 Å². The molecule has 1 aromatic heterocycles. The summed E-state index contributed by atoms with van der Waals surface area (Å²) in [4.78, 5) is 10.1. The molecule has 0 aliphatic rings. The van der Waals surface area contributed by atoms with E-state index in [0.29, 0.717) is 18.3 Å². The van der Waals surface area contributed by atoms with E-state index >= 15 is 0 Å². The van der Waals surface area contributed by atoms with E-state index in [4.69, 9.17) is 16.3 Å². The summed E-state index contributed by atoms with van der Waals surface area (Å²) in [6.45, 7) is 4.79. The van der Waals surface area contributed by atoms with Crippen LogP contribution in [0.4, 0.5) is 5.82 Å². The average Bonchev–Trinajstić information content (AvgIpc) is 2.28. The van der Waals surface area contributed by atoms with Gasteiger partial charge in [0, 0.05) is 26.3 Å². The fraction of sp³-hybridized carbons (Fsp3) is 0.667. The molecule has 0 amide bonds. The van der Waals surface area contributed by atoms with Gasteiger partial charge in [0.05, 0.1) is 12.7 Å². The lowest BCUT2D eigenvalue weighted by atomic mass is 10.1. The van der Waals surface area contributed by atoms with Crippen LogP contribution < -0.4 is 4.90 Å². The van der Waals surface area contributed by atoms with E-state index in [1.807, 2.05) is 25.8 Å². The van der Waals surface area contributed by atoms with E-state index in [1.54, 1.807) is 7.11 Å². The van der Waals surface area contributed by atoms with Crippen LogP contribution in [0.2, 0.25) is 5.15 Å². The predicted octanol–water partition coefficient (Wildman–Crippen LogP) is 1.70. The Morgan fingerprint density at radius 2 is 2.11 bits per heavy atom. The van der Waals surface area contributed by atoms with Crippen molar-refractivity contribution in [2.24, 2.45) is 0 Å². The summed E-state index contributed by atoms with van der Waals surface area (Å²) in [5, 5.41) is 10.2. The molecule has 0 radical (unpaired) electrons. The van der Waals surface area contributed by atoms with Crippen molar-refractivity contribution in [2.45, 2.75) is 25.9 Å². The van der Waals surface area contributed by atoms with Gasteiger partial charge in [-0.05, 0) is 5.92 Å². The fourth-order valence-electron chi connectivity index (χ4n) is 1.81. The number of hydrogen-bond acceptors (Lipinski definition) is 5. The van der Waals surface area contributed by atoms with Crippen molar-refractivity contribution in [1.29, 1.82) is 0 Å². The minimum atomic E-state index is -0.561. The molecule has 0 spiro atoms. The molecule has 0 fully saturated rings. The van der Waals surface area contributed by atoms with Gasteiger partial charge in [0.25, 0.3) is 0 Å². The molecule has 0 aliphatic carbocycles. The van der Waals surface area contributed by atoms with Crippen molar-refractivity contribution in [3.8, 4) is 0 Å². The summed E-state index contributed by atoms with van der Waals surface area (Å²) in [5.41, 5.74) is 0.895. The first-order chi connectivity index (χ1) is 8.47. The lowest BCUT2D eigenvalue weighted by Gasteiger charge is -2.25. The van der Waals surface area contributed by atoms with E-state index < -0.39 is 6.10 Å². The number of aliphatic hydroxyl groups is 1. The molecule has 1 N–H and O–H groups in total.